The zero-order chi connectivity index (χ0) is 13.2. The average Bonchev–Trinajstić information content (AvgIpc) is 2.25. The monoisotopic (exact) mass is 277 g/mol. The van der Waals surface area contributed by atoms with E-state index >= 15 is 0 Å². The van der Waals surface area contributed by atoms with Gasteiger partial charge in [0.05, 0.1) is 5.56 Å². The molecule has 1 aliphatic carbocycles. The fourth-order valence-electron chi connectivity index (χ4n) is 2.15. The second kappa shape index (κ2) is 5.39. The molecule has 0 N–H and O–H groups in total. The molecule has 1 aliphatic rings. The van der Waals surface area contributed by atoms with Gasteiger partial charge < -0.3 is 4.90 Å². The molecule has 0 amide bonds. The molecule has 0 unspecified atom stereocenters. The third-order valence-corrected chi connectivity index (χ3v) is 3.54. The van der Waals surface area contributed by atoms with Crippen LogP contribution in [0.3, 0.4) is 0 Å². The van der Waals surface area contributed by atoms with E-state index in [0.717, 1.165) is 30.7 Å². The molecule has 5 heteroatoms. The molecule has 0 radical (unpaired) electrons. The van der Waals surface area contributed by atoms with Crippen molar-refractivity contribution >= 4 is 17.3 Å². The standard InChI is InChI=1S/C13H15ClF3N/c14-8-9-18(11-2-1-3-11)12-6-4-10(5-7-12)13(15,16)17/h4-7,11H,1-3,8-9H2. The molecule has 0 saturated heterocycles. The highest BCUT2D eigenvalue weighted by atomic mass is 35.5. The number of anilines is 1. The van der Waals surface area contributed by atoms with Crippen LogP contribution in [-0.4, -0.2) is 18.5 Å². The number of alkyl halides is 4. The second-order valence-corrected chi connectivity index (χ2v) is 4.89. The van der Waals surface area contributed by atoms with Crippen molar-refractivity contribution in [2.75, 3.05) is 17.3 Å². The summed E-state index contributed by atoms with van der Waals surface area (Å²) in [6.45, 7) is 0.678. The Labute approximate surface area is 110 Å². The minimum atomic E-state index is -4.27. The van der Waals surface area contributed by atoms with Gasteiger partial charge in [0.2, 0.25) is 0 Å². The van der Waals surface area contributed by atoms with Crippen LogP contribution < -0.4 is 4.90 Å². The molecule has 0 aliphatic heterocycles. The van der Waals surface area contributed by atoms with Crippen molar-refractivity contribution in [2.45, 2.75) is 31.5 Å². The van der Waals surface area contributed by atoms with Gasteiger partial charge in [-0.05, 0) is 43.5 Å². The summed E-state index contributed by atoms with van der Waals surface area (Å²) in [6.07, 6.45) is -0.897. The van der Waals surface area contributed by atoms with Gasteiger partial charge in [0.15, 0.2) is 0 Å². The Morgan fingerprint density at radius 1 is 1.17 bits per heavy atom. The fraction of sp³-hybridized carbons (Fsp3) is 0.538. The van der Waals surface area contributed by atoms with Crippen LogP contribution >= 0.6 is 11.6 Å². The van der Waals surface area contributed by atoms with E-state index in [-0.39, 0.29) is 0 Å². The van der Waals surface area contributed by atoms with E-state index in [1.165, 1.54) is 18.6 Å². The third kappa shape index (κ3) is 2.91. The molecule has 0 aromatic heterocycles. The van der Waals surface area contributed by atoms with E-state index in [0.29, 0.717) is 18.5 Å². The Morgan fingerprint density at radius 2 is 1.78 bits per heavy atom. The molecule has 2 rings (SSSR count). The molecule has 1 nitrogen and oxygen atoms in total. The van der Waals surface area contributed by atoms with Gasteiger partial charge >= 0.3 is 6.18 Å². The molecule has 1 aromatic rings. The summed E-state index contributed by atoms with van der Waals surface area (Å²) >= 11 is 5.75. The van der Waals surface area contributed by atoms with Crippen LogP contribution in [-0.2, 0) is 6.18 Å². The lowest BCUT2D eigenvalue weighted by molar-refractivity contribution is -0.137. The first kappa shape index (κ1) is 13.5. The molecular formula is C13H15ClF3N. The first-order chi connectivity index (χ1) is 8.52. The molecule has 18 heavy (non-hydrogen) atoms. The largest absolute Gasteiger partial charge is 0.416 e. The minimum absolute atomic E-state index is 0.431. The number of hydrogen-bond donors (Lipinski definition) is 0. The lowest BCUT2D eigenvalue weighted by Crippen LogP contribution is -2.41. The summed E-state index contributed by atoms with van der Waals surface area (Å²) in [5, 5.41) is 0. The van der Waals surface area contributed by atoms with Crippen LogP contribution in [0.25, 0.3) is 0 Å². The third-order valence-electron chi connectivity index (χ3n) is 3.37. The van der Waals surface area contributed by atoms with Crippen molar-refractivity contribution in [3.8, 4) is 0 Å². The highest BCUT2D eigenvalue weighted by Gasteiger charge is 2.31. The predicted molar refractivity (Wildman–Crippen MR) is 67.1 cm³/mol. The van der Waals surface area contributed by atoms with E-state index in [1.807, 2.05) is 0 Å². The van der Waals surface area contributed by atoms with Crippen LogP contribution in [0.4, 0.5) is 18.9 Å². The quantitative estimate of drug-likeness (QED) is 0.742. The molecule has 0 atom stereocenters. The minimum Gasteiger partial charge on any atom is -0.367 e. The molecule has 0 spiro atoms. The van der Waals surface area contributed by atoms with Gasteiger partial charge in [-0.15, -0.1) is 11.6 Å². The van der Waals surface area contributed by atoms with E-state index in [9.17, 15) is 13.2 Å². The number of hydrogen-bond acceptors (Lipinski definition) is 1. The van der Waals surface area contributed by atoms with Crippen molar-refractivity contribution < 1.29 is 13.2 Å². The number of halogens is 4. The van der Waals surface area contributed by atoms with Crippen molar-refractivity contribution in [1.29, 1.82) is 0 Å². The molecule has 1 aromatic carbocycles. The van der Waals surface area contributed by atoms with Crippen LogP contribution in [0.5, 0.6) is 0 Å². The van der Waals surface area contributed by atoms with Crippen LogP contribution in [0.2, 0.25) is 0 Å². The van der Waals surface area contributed by atoms with E-state index < -0.39 is 11.7 Å². The highest BCUT2D eigenvalue weighted by molar-refractivity contribution is 6.18. The summed E-state index contributed by atoms with van der Waals surface area (Å²) < 4.78 is 37.4. The Kier molecular flexibility index (Phi) is 4.05. The summed E-state index contributed by atoms with van der Waals surface area (Å²) in [5.74, 6) is 0.484. The lowest BCUT2D eigenvalue weighted by atomic mass is 9.91. The summed E-state index contributed by atoms with van der Waals surface area (Å²) in [5.41, 5.74) is 0.221. The number of nitrogens with zero attached hydrogens (tertiary/aromatic N) is 1. The zero-order valence-electron chi connectivity index (χ0n) is 9.88. The molecule has 0 bridgehead atoms. The zero-order valence-corrected chi connectivity index (χ0v) is 10.6. The lowest BCUT2D eigenvalue weighted by Gasteiger charge is -2.39. The van der Waals surface area contributed by atoms with E-state index in [1.54, 1.807) is 0 Å². The summed E-state index contributed by atoms with van der Waals surface area (Å²) in [4.78, 5) is 2.11. The van der Waals surface area contributed by atoms with Crippen molar-refractivity contribution in [3.63, 3.8) is 0 Å². The van der Waals surface area contributed by atoms with Crippen molar-refractivity contribution in [3.05, 3.63) is 29.8 Å². The van der Waals surface area contributed by atoms with Crippen molar-refractivity contribution in [2.24, 2.45) is 0 Å². The second-order valence-electron chi connectivity index (χ2n) is 4.51. The topological polar surface area (TPSA) is 3.24 Å². The average molecular weight is 278 g/mol. The summed E-state index contributed by atoms with van der Waals surface area (Å²) in [6, 6.07) is 5.77. The van der Waals surface area contributed by atoms with E-state index in [2.05, 4.69) is 4.90 Å². The Morgan fingerprint density at radius 3 is 2.17 bits per heavy atom. The maximum atomic E-state index is 12.5. The van der Waals surface area contributed by atoms with Crippen LogP contribution in [0.15, 0.2) is 24.3 Å². The van der Waals surface area contributed by atoms with Gasteiger partial charge in [-0.1, -0.05) is 0 Å². The maximum Gasteiger partial charge on any atom is 0.416 e. The number of benzene rings is 1. The SMILES string of the molecule is FC(F)(F)c1ccc(N(CCCl)C2CCC2)cc1. The van der Waals surface area contributed by atoms with Gasteiger partial charge in [-0.2, -0.15) is 13.2 Å². The normalized spacial score (nSPS) is 16.4. The molecule has 1 fully saturated rings. The fourth-order valence-corrected chi connectivity index (χ4v) is 2.34. The van der Waals surface area contributed by atoms with Gasteiger partial charge in [0.1, 0.15) is 0 Å². The van der Waals surface area contributed by atoms with Gasteiger partial charge in [0, 0.05) is 24.2 Å². The smallest absolute Gasteiger partial charge is 0.367 e. The summed E-state index contributed by atoms with van der Waals surface area (Å²) in [7, 11) is 0. The Balaban J connectivity index is 2.15. The van der Waals surface area contributed by atoms with Crippen LogP contribution in [0.1, 0.15) is 24.8 Å². The Hall–Kier alpha value is -0.900. The predicted octanol–water partition coefficient (Wildman–Crippen LogP) is 4.30. The Bertz CT molecular complexity index is 384. The molecule has 100 valence electrons. The van der Waals surface area contributed by atoms with Crippen LogP contribution in [0, 0.1) is 0 Å². The first-order valence-electron chi connectivity index (χ1n) is 6.02. The van der Waals surface area contributed by atoms with Gasteiger partial charge in [-0.3, -0.25) is 0 Å². The van der Waals surface area contributed by atoms with Crippen molar-refractivity contribution in [1.82, 2.24) is 0 Å². The highest BCUT2D eigenvalue weighted by Crippen LogP contribution is 2.33. The molecular weight excluding hydrogens is 263 g/mol. The van der Waals surface area contributed by atoms with E-state index in [4.69, 9.17) is 11.6 Å². The molecule has 0 heterocycles. The van der Waals surface area contributed by atoms with Gasteiger partial charge in [0.25, 0.3) is 0 Å². The number of rotatable bonds is 4. The molecule has 1 saturated carbocycles. The van der Waals surface area contributed by atoms with Gasteiger partial charge in [-0.25, -0.2) is 0 Å². The first-order valence-corrected chi connectivity index (χ1v) is 6.55. The maximum absolute atomic E-state index is 12.5.